The van der Waals surface area contributed by atoms with Crippen molar-refractivity contribution in [3.05, 3.63) is 66.6 Å². The summed E-state index contributed by atoms with van der Waals surface area (Å²) in [7, 11) is 0. The Morgan fingerprint density at radius 2 is 2.04 bits per heavy atom. The number of imidazole rings is 1. The molecule has 27 heavy (non-hydrogen) atoms. The van der Waals surface area contributed by atoms with E-state index in [1.165, 1.54) is 12.5 Å². The van der Waals surface area contributed by atoms with Crippen molar-refractivity contribution in [3.63, 3.8) is 0 Å². The van der Waals surface area contributed by atoms with Gasteiger partial charge in [0.05, 0.1) is 11.8 Å². The lowest BCUT2D eigenvalue weighted by Crippen LogP contribution is -2.43. The molecule has 2 amide bonds. The molecule has 0 spiro atoms. The summed E-state index contributed by atoms with van der Waals surface area (Å²) in [6.07, 6.45) is 7.97. The van der Waals surface area contributed by atoms with Gasteiger partial charge in [-0.1, -0.05) is 0 Å². The second-order valence-corrected chi connectivity index (χ2v) is 6.55. The third-order valence-electron chi connectivity index (χ3n) is 4.82. The first-order valence-corrected chi connectivity index (χ1v) is 8.88. The third-order valence-corrected chi connectivity index (χ3v) is 4.82. The molecule has 1 saturated heterocycles. The molecule has 138 valence electrons. The van der Waals surface area contributed by atoms with E-state index in [-0.39, 0.29) is 11.8 Å². The van der Waals surface area contributed by atoms with E-state index in [4.69, 9.17) is 4.42 Å². The summed E-state index contributed by atoms with van der Waals surface area (Å²) in [6, 6.07) is 8.70. The summed E-state index contributed by atoms with van der Waals surface area (Å²) < 4.78 is 6.95. The second-order valence-electron chi connectivity index (χ2n) is 6.55. The molecule has 2 aromatic heterocycles. The fourth-order valence-electron chi connectivity index (χ4n) is 3.42. The molecule has 1 aliphatic heterocycles. The average molecular weight is 364 g/mol. The van der Waals surface area contributed by atoms with Crippen molar-refractivity contribution in [1.82, 2.24) is 14.5 Å². The molecule has 1 N–H and O–H groups in total. The standard InChI is InChI=1S/C20H20N4O3/c1-14-21-9-11-23(14)17-6-4-16(5-7-17)22-19(25)18-3-2-10-24(18)20(26)15-8-12-27-13-15/h4-9,11-13,18H,2-3,10H2,1H3,(H,22,25)/t18-/m0/s1. The Hall–Kier alpha value is -3.35. The second kappa shape index (κ2) is 7.11. The summed E-state index contributed by atoms with van der Waals surface area (Å²) in [5.74, 6) is 0.550. The fourth-order valence-corrected chi connectivity index (χ4v) is 3.42. The minimum absolute atomic E-state index is 0.170. The predicted octanol–water partition coefficient (Wildman–Crippen LogP) is 3.02. The van der Waals surface area contributed by atoms with E-state index in [9.17, 15) is 9.59 Å². The molecular weight excluding hydrogens is 344 g/mol. The molecule has 1 aliphatic rings. The lowest BCUT2D eigenvalue weighted by Gasteiger charge is -2.23. The van der Waals surface area contributed by atoms with Crippen LogP contribution in [0.5, 0.6) is 0 Å². The number of nitrogens with zero attached hydrogens (tertiary/aromatic N) is 3. The Morgan fingerprint density at radius 3 is 2.70 bits per heavy atom. The number of anilines is 1. The summed E-state index contributed by atoms with van der Waals surface area (Å²) in [5.41, 5.74) is 2.14. The van der Waals surface area contributed by atoms with Crippen LogP contribution in [0.3, 0.4) is 0 Å². The van der Waals surface area contributed by atoms with Crippen LogP contribution in [0.15, 0.2) is 59.7 Å². The lowest BCUT2D eigenvalue weighted by atomic mass is 10.2. The maximum absolute atomic E-state index is 12.7. The van der Waals surface area contributed by atoms with Crippen LogP contribution < -0.4 is 5.32 Å². The molecular formula is C20H20N4O3. The average Bonchev–Trinajstić information content (AvgIpc) is 3.43. The number of furan rings is 1. The fraction of sp³-hybridized carbons (Fsp3) is 0.250. The van der Waals surface area contributed by atoms with Crippen LogP contribution in [0.25, 0.3) is 5.69 Å². The topological polar surface area (TPSA) is 80.4 Å². The largest absolute Gasteiger partial charge is 0.472 e. The van der Waals surface area contributed by atoms with E-state index >= 15 is 0 Å². The first kappa shape index (κ1) is 17.1. The lowest BCUT2D eigenvalue weighted by molar-refractivity contribution is -0.119. The van der Waals surface area contributed by atoms with Crippen LogP contribution in [0.1, 0.15) is 29.0 Å². The van der Waals surface area contributed by atoms with Crippen molar-refractivity contribution < 1.29 is 14.0 Å². The number of hydrogen-bond acceptors (Lipinski definition) is 4. The number of benzene rings is 1. The molecule has 1 atom stereocenters. The number of carbonyl (C=O) groups excluding carboxylic acids is 2. The Balaban J connectivity index is 1.45. The zero-order valence-electron chi connectivity index (χ0n) is 15.0. The van der Waals surface area contributed by atoms with E-state index in [1.807, 2.05) is 42.0 Å². The number of aromatic nitrogens is 2. The predicted molar refractivity (Wildman–Crippen MR) is 99.7 cm³/mol. The summed E-state index contributed by atoms with van der Waals surface area (Å²) >= 11 is 0. The minimum Gasteiger partial charge on any atom is -0.472 e. The highest BCUT2D eigenvalue weighted by Crippen LogP contribution is 2.22. The van der Waals surface area contributed by atoms with Gasteiger partial charge in [0.25, 0.3) is 5.91 Å². The highest BCUT2D eigenvalue weighted by Gasteiger charge is 2.34. The summed E-state index contributed by atoms with van der Waals surface area (Å²) in [6.45, 7) is 2.50. The maximum Gasteiger partial charge on any atom is 0.257 e. The van der Waals surface area contributed by atoms with Gasteiger partial charge >= 0.3 is 0 Å². The molecule has 1 fully saturated rings. The van der Waals surface area contributed by atoms with Crippen molar-refractivity contribution in [2.24, 2.45) is 0 Å². The Kier molecular flexibility index (Phi) is 4.50. The summed E-state index contributed by atoms with van der Waals surface area (Å²) in [5, 5.41) is 2.92. The van der Waals surface area contributed by atoms with E-state index < -0.39 is 6.04 Å². The van der Waals surface area contributed by atoms with Crippen molar-refractivity contribution >= 4 is 17.5 Å². The molecule has 0 unspecified atom stereocenters. The third kappa shape index (κ3) is 3.36. The monoisotopic (exact) mass is 364 g/mol. The molecule has 0 bridgehead atoms. The highest BCUT2D eigenvalue weighted by molar-refractivity contribution is 6.01. The minimum atomic E-state index is -0.469. The number of amides is 2. The molecule has 3 aromatic rings. The van der Waals surface area contributed by atoms with E-state index in [0.717, 1.165) is 17.9 Å². The van der Waals surface area contributed by atoms with Crippen LogP contribution in [0.2, 0.25) is 0 Å². The summed E-state index contributed by atoms with van der Waals surface area (Å²) in [4.78, 5) is 31.1. The number of hydrogen-bond donors (Lipinski definition) is 1. The van der Waals surface area contributed by atoms with Crippen LogP contribution in [0, 0.1) is 6.92 Å². The SMILES string of the molecule is Cc1nccn1-c1ccc(NC(=O)[C@@H]2CCCN2C(=O)c2ccoc2)cc1. The molecule has 7 heteroatoms. The van der Waals surface area contributed by atoms with Crippen LogP contribution >= 0.6 is 0 Å². The molecule has 0 radical (unpaired) electrons. The molecule has 0 saturated carbocycles. The highest BCUT2D eigenvalue weighted by atomic mass is 16.3. The van der Waals surface area contributed by atoms with Gasteiger partial charge in [0.1, 0.15) is 18.1 Å². The Bertz CT molecular complexity index is 944. The van der Waals surface area contributed by atoms with Gasteiger partial charge in [0.2, 0.25) is 5.91 Å². The number of nitrogens with one attached hydrogen (secondary N) is 1. The molecule has 1 aromatic carbocycles. The zero-order valence-corrected chi connectivity index (χ0v) is 15.0. The number of likely N-dealkylation sites (tertiary alicyclic amines) is 1. The number of rotatable bonds is 4. The van der Waals surface area contributed by atoms with Crippen LogP contribution in [-0.4, -0.2) is 38.9 Å². The van der Waals surface area contributed by atoms with Crippen LogP contribution in [-0.2, 0) is 4.79 Å². The molecule has 3 heterocycles. The van der Waals surface area contributed by atoms with E-state index in [2.05, 4.69) is 10.3 Å². The molecule has 7 nitrogen and oxygen atoms in total. The number of aryl methyl sites for hydroxylation is 1. The van der Waals surface area contributed by atoms with Crippen molar-refractivity contribution in [2.75, 3.05) is 11.9 Å². The molecule has 4 rings (SSSR count). The van der Waals surface area contributed by atoms with Crippen LogP contribution in [0.4, 0.5) is 5.69 Å². The molecule has 0 aliphatic carbocycles. The van der Waals surface area contributed by atoms with Crippen molar-refractivity contribution in [1.29, 1.82) is 0 Å². The van der Waals surface area contributed by atoms with Gasteiger partial charge in [0.15, 0.2) is 0 Å². The quantitative estimate of drug-likeness (QED) is 0.772. The smallest absolute Gasteiger partial charge is 0.257 e. The zero-order chi connectivity index (χ0) is 18.8. The normalized spacial score (nSPS) is 16.5. The van der Waals surface area contributed by atoms with Crippen molar-refractivity contribution in [3.8, 4) is 5.69 Å². The van der Waals surface area contributed by atoms with Crippen molar-refractivity contribution in [2.45, 2.75) is 25.8 Å². The van der Waals surface area contributed by atoms with Gasteiger partial charge in [-0.2, -0.15) is 0 Å². The van der Waals surface area contributed by atoms with E-state index in [0.29, 0.717) is 24.2 Å². The maximum atomic E-state index is 12.7. The Morgan fingerprint density at radius 1 is 1.22 bits per heavy atom. The van der Waals surface area contributed by atoms with Gasteiger partial charge in [-0.3, -0.25) is 9.59 Å². The van der Waals surface area contributed by atoms with Gasteiger partial charge in [-0.05, 0) is 50.1 Å². The van der Waals surface area contributed by atoms with E-state index in [1.54, 1.807) is 17.2 Å². The van der Waals surface area contributed by atoms with Gasteiger partial charge in [-0.25, -0.2) is 4.98 Å². The Labute approximate surface area is 156 Å². The first-order valence-electron chi connectivity index (χ1n) is 8.88. The van der Waals surface area contributed by atoms with Gasteiger partial charge in [-0.15, -0.1) is 0 Å². The first-order chi connectivity index (χ1) is 13.1. The van der Waals surface area contributed by atoms with Gasteiger partial charge < -0.3 is 19.2 Å². The number of carbonyl (C=O) groups is 2. The van der Waals surface area contributed by atoms with Gasteiger partial charge in [0, 0.05) is 30.3 Å².